The SMILES string of the molecule is CCCc1ccc2c(c1-c1ccccc1C)C=C(CC(C)C)[CH]2[Zr]([Cl])([Cl])[c]1cccc2c1[SiH2]c1ccccc1-2. The van der Waals surface area contributed by atoms with Gasteiger partial charge in [-0.05, 0) is 0 Å². The Labute approximate surface area is 247 Å². The van der Waals surface area contributed by atoms with Crippen molar-refractivity contribution in [2.45, 2.75) is 50.6 Å². The van der Waals surface area contributed by atoms with Gasteiger partial charge >= 0.3 is 250 Å². The first-order valence-electron chi connectivity index (χ1n) is 14.3. The summed E-state index contributed by atoms with van der Waals surface area (Å²) < 4.78 is 1.44. The third-order valence-corrected chi connectivity index (χ3v) is 22.9. The molecule has 4 aromatic carbocycles. The normalized spacial score (nSPS) is 16.4. The molecule has 1 unspecified atom stereocenters. The summed E-state index contributed by atoms with van der Waals surface area (Å²) in [6.45, 7) is 9.14. The van der Waals surface area contributed by atoms with Crippen molar-refractivity contribution in [3.63, 3.8) is 0 Å². The van der Waals surface area contributed by atoms with Crippen molar-refractivity contribution in [1.29, 1.82) is 0 Å². The van der Waals surface area contributed by atoms with E-state index in [9.17, 15) is 0 Å². The van der Waals surface area contributed by atoms with E-state index in [1.54, 1.807) is 0 Å². The van der Waals surface area contributed by atoms with Crippen LogP contribution in [0.4, 0.5) is 0 Å². The van der Waals surface area contributed by atoms with Crippen molar-refractivity contribution >= 4 is 46.3 Å². The predicted octanol–water partition coefficient (Wildman–Crippen LogP) is 7.99. The Morgan fingerprint density at radius 2 is 1.56 bits per heavy atom. The monoisotopic (exact) mass is 644 g/mol. The molecule has 0 bridgehead atoms. The minimum absolute atomic E-state index is 0.127. The second-order valence-corrected chi connectivity index (χ2v) is 27.5. The molecule has 1 atom stereocenters. The van der Waals surface area contributed by atoms with Crippen LogP contribution in [0.25, 0.3) is 28.3 Å². The molecule has 0 nitrogen and oxygen atoms in total. The van der Waals surface area contributed by atoms with E-state index in [0.717, 1.165) is 19.3 Å². The van der Waals surface area contributed by atoms with E-state index in [-0.39, 0.29) is 3.63 Å². The van der Waals surface area contributed by atoms with Gasteiger partial charge in [0.2, 0.25) is 0 Å². The van der Waals surface area contributed by atoms with Crippen LogP contribution in [0, 0.1) is 12.8 Å². The van der Waals surface area contributed by atoms with Gasteiger partial charge in [0.25, 0.3) is 0 Å². The average Bonchev–Trinajstić information content (AvgIpc) is 3.47. The Bertz CT molecular complexity index is 1600. The average molecular weight is 647 g/mol. The van der Waals surface area contributed by atoms with E-state index < -0.39 is 27.4 Å². The molecule has 0 N–H and O–H groups in total. The molecule has 1 aliphatic carbocycles. The molecule has 4 heteroatoms. The fourth-order valence-corrected chi connectivity index (χ4v) is 23.7. The van der Waals surface area contributed by atoms with E-state index >= 15 is 0 Å². The summed E-state index contributed by atoms with van der Waals surface area (Å²) in [5.74, 6) is 0.542. The Kier molecular flexibility index (Phi) is 7.71. The molecular formula is C35H36Cl2SiZr. The molecule has 0 aromatic heterocycles. The number of rotatable bonds is 7. The zero-order valence-corrected chi connectivity index (χ0v) is 28.7. The molecule has 2 aliphatic rings. The van der Waals surface area contributed by atoms with Gasteiger partial charge in [-0.25, -0.2) is 0 Å². The van der Waals surface area contributed by atoms with Crippen LogP contribution in [0.3, 0.4) is 0 Å². The number of hydrogen-bond acceptors (Lipinski definition) is 0. The molecule has 0 spiro atoms. The summed E-state index contributed by atoms with van der Waals surface area (Å²) in [4.78, 5) is 0. The molecule has 1 heterocycles. The van der Waals surface area contributed by atoms with Crippen LogP contribution in [0.5, 0.6) is 0 Å². The molecule has 0 saturated heterocycles. The fraction of sp³-hybridized carbons (Fsp3) is 0.257. The number of allylic oxidation sites excluding steroid dienone is 1. The Morgan fingerprint density at radius 3 is 2.31 bits per heavy atom. The quantitative estimate of drug-likeness (QED) is 0.157. The Morgan fingerprint density at radius 1 is 0.846 bits per heavy atom. The van der Waals surface area contributed by atoms with Crippen LogP contribution in [-0.2, 0) is 24.3 Å². The summed E-state index contributed by atoms with van der Waals surface area (Å²) in [5.41, 5.74) is 12.4. The number of fused-ring (bicyclic) bond motifs is 4. The molecule has 1 aliphatic heterocycles. The van der Waals surface area contributed by atoms with Gasteiger partial charge in [-0.15, -0.1) is 0 Å². The number of aryl methyl sites for hydroxylation is 2. The van der Waals surface area contributed by atoms with Gasteiger partial charge in [-0.2, -0.15) is 0 Å². The van der Waals surface area contributed by atoms with E-state index in [0.29, 0.717) is 5.92 Å². The molecule has 0 fully saturated rings. The van der Waals surface area contributed by atoms with E-state index in [2.05, 4.69) is 113 Å². The number of benzene rings is 4. The topological polar surface area (TPSA) is 0 Å². The second-order valence-electron chi connectivity index (χ2n) is 11.7. The Balaban J connectivity index is 1.55. The molecule has 6 rings (SSSR count). The first-order chi connectivity index (χ1) is 18.8. The molecule has 4 aromatic rings. The van der Waals surface area contributed by atoms with Gasteiger partial charge in [0, 0.05) is 0 Å². The van der Waals surface area contributed by atoms with Gasteiger partial charge in [0.15, 0.2) is 0 Å². The summed E-state index contributed by atoms with van der Waals surface area (Å²) in [6.07, 6.45) is 5.72. The van der Waals surface area contributed by atoms with Crippen LogP contribution >= 0.6 is 17.0 Å². The van der Waals surface area contributed by atoms with Crippen molar-refractivity contribution in [2.24, 2.45) is 5.92 Å². The summed E-state index contributed by atoms with van der Waals surface area (Å²) >= 11 is -3.98. The molecule has 0 radical (unpaired) electrons. The predicted molar refractivity (Wildman–Crippen MR) is 172 cm³/mol. The van der Waals surface area contributed by atoms with Crippen LogP contribution in [0.2, 0.25) is 0 Å². The van der Waals surface area contributed by atoms with Gasteiger partial charge in [-0.1, -0.05) is 0 Å². The minimum atomic E-state index is -3.98. The standard InChI is InChI=1S/C23H27.C12H9Si.2ClH.Zr/c1-5-8-19-11-12-20-14-18(13-16(2)3)15-22(20)23(19)21-10-7-6-9-17(21)4;1-3-7-11-9(5-1)10-6-2-4-8-12(10)13-11;;;/h6-7,9-12,14-16H,5,8,13H2,1-4H3;1-7H,13H2;2*1H;/q;;;;+2/p-2. The van der Waals surface area contributed by atoms with Crippen LogP contribution in [0.1, 0.15) is 59.5 Å². The van der Waals surface area contributed by atoms with Crippen LogP contribution in [0.15, 0.2) is 84.4 Å². The fourth-order valence-electron chi connectivity index (χ4n) is 6.91. The van der Waals surface area contributed by atoms with Gasteiger partial charge < -0.3 is 0 Å². The number of hydrogen-bond donors (Lipinski definition) is 0. The van der Waals surface area contributed by atoms with Crippen molar-refractivity contribution in [1.82, 2.24) is 0 Å². The van der Waals surface area contributed by atoms with Gasteiger partial charge in [-0.3, -0.25) is 0 Å². The second kappa shape index (κ2) is 10.9. The third-order valence-electron chi connectivity index (χ3n) is 8.53. The molecule has 0 saturated carbocycles. The maximum absolute atomic E-state index is 7.89. The summed E-state index contributed by atoms with van der Waals surface area (Å²) in [7, 11) is 15.2. The zero-order valence-electron chi connectivity index (χ0n) is 23.3. The van der Waals surface area contributed by atoms with Crippen LogP contribution < -0.4 is 13.6 Å². The van der Waals surface area contributed by atoms with Crippen LogP contribution in [-0.4, -0.2) is 9.52 Å². The Hall–Kier alpha value is -1.70. The van der Waals surface area contributed by atoms with E-state index in [1.165, 1.54) is 63.7 Å². The van der Waals surface area contributed by atoms with E-state index in [1.807, 2.05) is 0 Å². The van der Waals surface area contributed by atoms with Crippen molar-refractivity contribution < 1.29 is 17.9 Å². The van der Waals surface area contributed by atoms with Gasteiger partial charge in [0.1, 0.15) is 0 Å². The van der Waals surface area contributed by atoms with Crippen molar-refractivity contribution in [3.8, 4) is 22.3 Å². The molecule has 0 amide bonds. The first-order valence-corrected chi connectivity index (χ1v) is 24.7. The zero-order chi connectivity index (χ0) is 27.3. The van der Waals surface area contributed by atoms with E-state index in [4.69, 9.17) is 17.0 Å². The first kappa shape index (κ1) is 27.5. The third kappa shape index (κ3) is 4.80. The molecular weight excluding hydrogens is 611 g/mol. The van der Waals surface area contributed by atoms with Crippen molar-refractivity contribution in [2.75, 3.05) is 0 Å². The summed E-state index contributed by atoms with van der Waals surface area (Å²) in [5, 5.41) is 3.02. The number of halogens is 2. The summed E-state index contributed by atoms with van der Waals surface area (Å²) in [6, 6.07) is 29.3. The maximum atomic E-state index is 7.89. The van der Waals surface area contributed by atoms with Crippen molar-refractivity contribution in [3.05, 3.63) is 107 Å². The molecule has 198 valence electrons. The van der Waals surface area contributed by atoms with Gasteiger partial charge in [0.05, 0.1) is 0 Å². The molecule has 39 heavy (non-hydrogen) atoms.